The van der Waals surface area contributed by atoms with Crippen molar-refractivity contribution in [3.05, 3.63) is 97.1 Å². The fourth-order valence-corrected chi connectivity index (χ4v) is 2.89. The van der Waals surface area contributed by atoms with E-state index in [0.717, 1.165) is 0 Å². The summed E-state index contributed by atoms with van der Waals surface area (Å²) in [6.07, 6.45) is 0. The van der Waals surface area contributed by atoms with Gasteiger partial charge in [-0.05, 0) is 24.3 Å². The highest BCUT2D eigenvalue weighted by Crippen LogP contribution is 2.21. The summed E-state index contributed by atoms with van der Waals surface area (Å²) >= 11 is 0. The molecule has 0 bridgehead atoms. The lowest BCUT2D eigenvalue weighted by molar-refractivity contribution is -0.555. The molecule has 1 aromatic heterocycles. The molecule has 104 valence electrons. The summed E-state index contributed by atoms with van der Waals surface area (Å²) in [5.74, 6) is 0. The van der Waals surface area contributed by atoms with Gasteiger partial charge in [0.05, 0.1) is 0 Å². The van der Waals surface area contributed by atoms with Gasteiger partial charge in [-0.15, -0.1) is 0 Å². The Balaban J connectivity index is 2.09. The van der Waals surface area contributed by atoms with Crippen LogP contribution in [0.25, 0.3) is 27.8 Å². The molecule has 3 aromatic carbocycles. The number of benzene rings is 3. The lowest BCUT2D eigenvalue weighted by Gasteiger charge is -2.07. The van der Waals surface area contributed by atoms with Crippen molar-refractivity contribution in [1.29, 1.82) is 0 Å². The molecule has 1 heterocycles. The van der Waals surface area contributed by atoms with Gasteiger partial charge in [0, 0.05) is 35.2 Å². The lowest BCUT2D eigenvalue weighted by Crippen LogP contribution is -2.34. The van der Waals surface area contributed by atoms with E-state index in [4.69, 9.17) is 0 Å². The van der Waals surface area contributed by atoms with Crippen LogP contribution in [-0.2, 0) is 0 Å². The summed E-state index contributed by atoms with van der Waals surface area (Å²) in [5, 5.41) is 1.24. The first-order chi connectivity index (χ1) is 10.9. The highest BCUT2D eigenvalue weighted by atomic mass is 15.0. The van der Waals surface area contributed by atoms with Crippen LogP contribution < -0.4 is 4.57 Å². The second kappa shape index (κ2) is 5.45. The summed E-state index contributed by atoms with van der Waals surface area (Å²) in [6, 6.07) is 34.0. The van der Waals surface area contributed by atoms with Crippen LogP contribution in [0.3, 0.4) is 0 Å². The molecule has 0 aliphatic heterocycles. The predicted molar refractivity (Wildman–Crippen MR) is 90.9 cm³/mol. The molecule has 0 saturated carbocycles. The Hall–Kier alpha value is -2.93. The molecule has 0 unspecified atom stereocenters. The largest absolute Gasteiger partial charge is 0.219 e. The van der Waals surface area contributed by atoms with E-state index in [1.54, 1.807) is 0 Å². The maximum Gasteiger partial charge on any atom is 0.219 e. The molecule has 4 rings (SSSR count). The minimum absolute atomic E-state index is 1.18. The van der Waals surface area contributed by atoms with Gasteiger partial charge in [-0.25, -0.2) is 0 Å². The third kappa shape index (κ3) is 2.17. The summed E-state index contributed by atoms with van der Waals surface area (Å²) in [5.41, 5.74) is 4.82. The van der Waals surface area contributed by atoms with Crippen LogP contribution in [0.5, 0.6) is 0 Å². The first-order valence-corrected chi connectivity index (χ1v) is 7.48. The molecule has 0 aliphatic carbocycles. The second-order valence-corrected chi connectivity index (χ2v) is 5.31. The van der Waals surface area contributed by atoms with Crippen LogP contribution in [0.1, 0.15) is 0 Å². The predicted octanol–water partition coefficient (Wildman–Crippen LogP) is 4.78. The van der Waals surface area contributed by atoms with Gasteiger partial charge < -0.3 is 0 Å². The third-order valence-electron chi connectivity index (χ3n) is 3.92. The van der Waals surface area contributed by atoms with E-state index in [-0.39, 0.29) is 0 Å². The number of hydrogen-bond donors (Lipinski definition) is 0. The van der Waals surface area contributed by atoms with Crippen LogP contribution in [0, 0.1) is 0 Å². The molecular weight excluding hydrogens is 266 g/mol. The van der Waals surface area contributed by atoms with Crippen LogP contribution in [0.4, 0.5) is 0 Å². The van der Waals surface area contributed by atoms with Crippen molar-refractivity contribution in [2.24, 2.45) is 0 Å². The van der Waals surface area contributed by atoms with Crippen molar-refractivity contribution in [3.8, 4) is 16.9 Å². The lowest BCUT2D eigenvalue weighted by atomic mass is 10.1. The number of aromatic nitrogens is 1. The van der Waals surface area contributed by atoms with Crippen molar-refractivity contribution < 1.29 is 4.57 Å². The van der Waals surface area contributed by atoms with Gasteiger partial charge in [0.2, 0.25) is 16.9 Å². The maximum atomic E-state index is 2.32. The first kappa shape index (κ1) is 12.8. The van der Waals surface area contributed by atoms with E-state index in [1.165, 1.54) is 27.8 Å². The Kier molecular flexibility index (Phi) is 3.17. The normalized spacial score (nSPS) is 10.7. The standard InChI is InChI=1S/C21H16N/c1-3-9-17(10-4-1)21-16-15-18-11-7-8-14-20(18)22(21)19-12-5-2-6-13-19/h1-16H/q+1. The Labute approximate surface area is 130 Å². The quantitative estimate of drug-likeness (QED) is 0.466. The van der Waals surface area contributed by atoms with Crippen molar-refractivity contribution in [3.63, 3.8) is 0 Å². The van der Waals surface area contributed by atoms with E-state index >= 15 is 0 Å². The smallest absolute Gasteiger partial charge is 0.153 e. The molecular formula is C21H16N+. The van der Waals surface area contributed by atoms with Crippen molar-refractivity contribution in [1.82, 2.24) is 0 Å². The molecule has 0 fully saturated rings. The average molecular weight is 282 g/mol. The van der Waals surface area contributed by atoms with Gasteiger partial charge in [0.15, 0.2) is 0 Å². The van der Waals surface area contributed by atoms with Gasteiger partial charge in [-0.3, -0.25) is 0 Å². The fourth-order valence-electron chi connectivity index (χ4n) is 2.89. The SMILES string of the molecule is c1ccc(-c2ccc3ccccc3[n+]2-c2ccccc2)cc1. The molecule has 0 amide bonds. The van der Waals surface area contributed by atoms with Crippen molar-refractivity contribution >= 4 is 10.9 Å². The highest BCUT2D eigenvalue weighted by Gasteiger charge is 2.19. The minimum Gasteiger partial charge on any atom is -0.153 e. The van der Waals surface area contributed by atoms with E-state index in [0.29, 0.717) is 0 Å². The van der Waals surface area contributed by atoms with Crippen molar-refractivity contribution in [2.75, 3.05) is 0 Å². The molecule has 0 spiro atoms. The fraction of sp³-hybridized carbons (Fsp3) is 0. The monoisotopic (exact) mass is 282 g/mol. The van der Waals surface area contributed by atoms with Gasteiger partial charge in [-0.1, -0.05) is 48.5 Å². The number of hydrogen-bond acceptors (Lipinski definition) is 0. The molecule has 22 heavy (non-hydrogen) atoms. The molecule has 4 aromatic rings. The van der Waals surface area contributed by atoms with Crippen LogP contribution in [0.15, 0.2) is 97.1 Å². The zero-order valence-corrected chi connectivity index (χ0v) is 12.2. The molecule has 1 nitrogen and oxygen atoms in total. The van der Waals surface area contributed by atoms with Gasteiger partial charge in [-0.2, -0.15) is 4.57 Å². The average Bonchev–Trinajstić information content (AvgIpc) is 2.62. The van der Waals surface area contributed by atoms with E-state index < -0.39 is 0 Å². The van der Waals surface area contributed by atoms with Gasteiger partial charge >= 0.3 is 0 Å². The Morgan fingerprint density at radius 2 is 1.14 bits per heavy atom. The minimum atomic E-state index is 1.18. The van der Waals surface area contributed by atoms with E-state index in [1.807, 2.05) is 0 Å². The summed E-state index contributed by atoms with van der Waals surface area (Å²) in [4.78, 5) is 0. The number of rotatable bonds is 2. The Morgan fingerprint density at radius 3 is 1.91 bits per heavy atom. The highest BCUT2D eigenvalue weighted by molar-refractivity contribution is 5.78. The second-order valence-electron chi connectivity index (χ2n) is 5.31. The third-order valence-corrected chi connectivity index (χ3v) is 3.92. The number of para-hydroxylation sites is 2. The van der Waals surface area contributed by atoms with Gasteiger partial charge in [0.1, 0.15) is 0 Å². The van der Waals surface area contributed by atoms with Crippen molar-refractivity contribution in [2.45, 2.75) is 0 Å². The number of fused-ring (bicyclic) bond motifs is 1. The van der Waals surface area contributed by atoms with Crippen LogP contribution in [-0.4, -0.2) is 0 Å². The Bertz CT molecular complexity index is 912. The first-order valence-electron chi connectivity index (χ1n) is 7.48. The van der Waals surface area contributed by atoms with Crippen LogP contribution >= 0.6 is 0 Å². The molecule has 0 saturated heterocycles. The summed E-state index contributed by atoms with van der Waals surface area (Å²) in [6.45, 7) is 0. The molecule has 1 heteroatoms. The van der Waals surface area contributed by atoms with E-state index in [2.05, 4.69) is 102 Å². The zero-order chi connectivity index (χ0) is 14.8. The molecule has 0 radical (unpaired) electrons. The summed E-state index contributed by atoms with van der Waals surface area (Å²) < 4.78 is 2.32. The number of pyridine rings is 1. The molecule has 0 aliphatic rings. The maximum absolute atomic E-state index is 2.32. The molecule has 0 atom stereocenters. The molecule has 0 N–H and O–H groups in total. The Morgan fingerprint density at radius 1 is 0.500 bits per heavy atom. The summed E-state index contributed by atoms with van der Waals surface area (Å²) in [7, 11) is 0. The number of nitrogens with zero attached hydrogens (tertiary/aromatic N) is 1. The topological polar surface area (TPSA) is 3.88 Å². The van der Waals surface area contributed by atoms with Crippen LogP contribution in [0.2, 0.25) is 0 Å². The van der Waals surface area contributed by atoms with Gasteiger partial charge in [0.25, 0.3) is 0 Å². The van der Waals surface area contributed by atoms with E-state index in [9.17, 15) is 0 Å². The zero-order valence-electron chi connectivity index (χ0n) is 12.2.